The van der Waals surface area contributed by atoms with Gasteiger partial charge in [0.2, 0.25) is 23.6 Å². The molecule has 0 aliphatic rings. The van der Waals surface area contributed by atoms with E-state index in [0.717, 1.165) is 5.56 Å². The van der Waals surface area contributed by atoms with Crippen molar-refractivity contribution in [3.05, 3.63) is 29.8 Å². The molecule has 0 aliphatic heterocycles. The summed E-state index contributed by atoms with van der Waals surface area (Å²) in [5.74, 6) is -1.97. The summed E-state index contributed by atoms with van der Waals surface area (Å²) in [6, 6.07) is 5.24. The van der Waals surface area contributed by atoms with Crippen molar-refractivity contribution < 1.29 is 28.7 Å². The Labute approximate surface area is 236 Å². The molecule has 0 heterocycles. The largest absolute Gasteiger partial charge is 0.461 e. The molecule has 10 nitrogen and oxygen atoms in total. The van der Waals surface area contributed by atoms with E-state index in [1.54, 1.807) is 45.0 Å². The molecular formula is C28H43ClN4O6. The number of benzene rings is 1. The van der Waals surface area contributed by atoms with Crippen LogP contribution in [0.5, 0.6) is 0 Å². The topological polar surface area (TPSA) is 143 Å². The Kier molecular flexibility index (Phi) is 15.2. The normalized spacial score (nSPS) is 13.3. The molecule has 0 radical (unpaired) electrons. The minimum atomic E-state index is -0.848. The molecule has 0 aliphatic carbocycles. The molecule has 0 fully saturated rings. The fourth-order valence-corrected chi connectivity index (χ4v) is 3.42. The summed E-state index contributed by atoms with van der Waals surface area (Å²) in [5, 5.41) is 10.8. The zero-order valence-corrected chi connectivity index (χ0v) is 24.5. The second-order valence-electron chi connectivity index (χ2n) is 10.3. The first kappa shape index (κ1) is 33.9. The van der Waals surface area contributed by atoms with Crippen molar-refractivity contribution in [1.29, 1.82) is 0 Å². The molecule has 218 valence electrons. The first-order valence-corrected chi connectivity index (χ1v) is 13.9. The van der Waals surface area contributed by atoms with E-state index in [1.807, 2.05) is 20.8 Å². The molecule has 11 heteroatoms. The van der Waals surface area contributed by atoms with Gasteiger partial charge in [-0.15, -0.1) is 11.6 Å². The maximum atomic E-state index is 12.8. The highest BCUT2D eigenvalue weighted by Gasteiger charge is 2.27. The Balaban J connectivity index is 2.53. The van der Waals surface area contributed by atoms with Gasteiger partial charge in [-0.1, -0.05) is 46.8 Å². The van der Waals surface area contributed by atoms with E-state index >= 15 is 0 Å². The van der Waals surface area contributed by atoms with Gasteiger partial charge < -0.3 is 26.0 Å². The Hall–Kier alpha value is -3.14. The Morgan fingerprint density at radius 3 is 2.03 bits per heavy atom. The molecule has 1 aromatic carbocycles. The van der Waals surface area contributed by atoms with E-state index in [-0.39, 0.29) is 54.4 Å². The number of esters is 1. The second-order valence-corrected chi connectivity index (χ2v) is 10.6. The first-order chi connectivity index (χ1) is 18.3. The van der Waals surface area contributed by atoms with E-state index in [1.165, 1.54) is 0 Å². The Bertz CT molecular complexity index is 967. The molecule has 3 atom stereocenters. The van der Waals surface area contributed by atoms with E-state index in [2.05, 4.69) is 21.3 Å². The number of carbonyl (C=O) groups excluding carboxylic acids is 5. The standard InChI is InChI=1S/C28H43ClN4O6/c1-17(2)19(5)28(38)39-16-21-10-12-22(13-11-21)32-26(36)20(6)31-27(37)25(18(3)4)33-23(34)9-7-8-14-30-24(35)15-29/h10-13,17-20,25H,7-9,14-16H2,1-6H3,(H,30,35)(H,31,37)(H,32,36)(H,33,34)/t19?,20-,25?/m0/s1. The smallest absolute Gasteiger partial charge is 0.309 e. The summed E-state index contributed by atoms with van der Waals surface area (Å²) in [4.78, 5) is 61.0. The quantitative estimate of drug-likeness (QED) is 0.137. The van der Waals surface area contributed by atoms with E-state index in [4.69, 9.17) is 16.3 Å². The molecule has 0 spiro atoms. The number of hydrogen-bond acceptors (Lipinski definition) is 6. The number of hydrogen-bond donors (Lipinski definition) is 4. The molecule has 0 aromatic heterocycles. The van der Waals surface area contributed by atoms with Gasteiger partial charge in [0.05, 0.1) is 5.92 Å². The number of unbranched alkanes of at least 4 members (excludes halogenated alkanes) is 1. The highest BCUT2D eigenvalue weighted by molar-refractivity contribution is 6.27. The lowest BCUT2D eigenvalue weighted by Crippen LogP contribution is -2.53. The van der Waals surface area contributed by atoms with Crippen LogP contribution in [-0.2, 0) is 35.3 Å². The van der Waals surface area contributed by atoms with Gasteiger partial charge in [-0.05, 0) is 49.3 Å². The predicted molar refractivity (Wildman–Crippen MR) is 151 cm³/mol. The van der Waals surface area contributed by atoms with Crippen LogP contribution in [0.15, 0.2) is 24.3 Å². The van der Waals surface area contributed by atoms with Crippen molar-refractivity contribution in [3.63, 3.8) is 0 Å². The van der Waals surface area contributed by atoms with Gasteiger partial charge in [-0.25, -0.2) is 0 Å². The van der Waals surface area contributed by atoms with Gasteiger partial charge in [0.1, 0.15) is 24.6 Å². The van der Waals surface area contributed by atoms with Crippen LogP contribution in [-0.4, -0.2) is 54.1 Å². The molecule has 0 bridgehead atoms. The van der Waals surface area contributed by atoms with E-state index in [9.17, 15) is 24.0 Å². The van der Waals surface area contributed by atoms with Gasteiger partial charge in [0, 0.05) is 18.7 Å². The zero-order valence-electron chi connectivity index (χ0n) is 23.8. The fraction of sp³-hybridized carbons (Fsp3) is 0.607. The molecule has 0 saturated carbocycles. The molecule has 1 aromatic rings. The van der Waals surface area contributed by atoms with Gasteiger partial charge in [0.15, 0.2) is 0 Å². The monoisotopic (exact) mass is 566 g/mol. The van der Waals surface area contributed by atoms with Crippen LogP contribution < -0.4 is 21.3 Å². The number of nitrogens with one attached hydrogen (secondary N) is 4. The molecule has 4 amide bonds. The molecule has 0 saturated heterocycles. The number of amides is 4. The van der Waals surface area contributed by atoms with Crippen LogP contribution in [0, 0.1) is 17.8 Å². The summed E-state index contributed by atoms with van der Waals surface area (Å²) in [6.45, 7) is 11.5. The van der Waals surface area contributed by atoms with Crippen molar-refractivity contribution in [2.45, 2.75) is 79.5 Å². The maximum Gasteiger partial charge on any atom is 0.309 e. The predicted octanol–water partition coefficient (Wildman–Crippen LogP) is 3.13. The van der Waals surface area contributed by atoms with Crippen molar-refractivity contribution in [2.24, 2.45) is 17.8 Å². The lowest BCUT2D eigenvalue weighted by molar-refractivity contribution is -0.150. The third-order valence-corrected chi connectivity index (χ3v) is 6.51. The first-order valence-electron chi connectivity index (χ1n) is 13.3. The second kappa shape index (κ2) is 17.4. The lowest BCUT2D eigenvalue weighted by Gasteiger charge is -2.24. The SMILES string of the molecule is CC(C)C(C)C(=O)OCc1ccc(NC(=O)[C@H](C)NC(=O)C(NC(=O)CCCCNC(=O)CCl)C(C)C)cc1. The number of alkyl halides is 1. The number of halogens is 1. The van der Waals surface area contributed by atoms with Crippen LogP contribution in [0.3, 0.4) is 0 Å². The van der Waals surface area contributed by atoms with Gasteiger partial charge >= 0.3 is 5.97 Å². The number of anilines is 1. The lowest BCUT2D eigenvalue weighted by atomic mass is 9.99. The zero-order chi connectivity index (χ0) is 29.5. The Morgan fingerprint density at radius 2 is 1.46 bits per heavy atom. The number of carbonyl (C=O) groups is 5. The highest BCUT2D eigenvalue weighted by Crippen LogP contribution is 2.15. The molecule has 1 rings (SSSR count). The number of rotatable bonds is 16. The van der Waals surface area contributed by atoms with Crippen molar-refractivity contribution >= 4 is 46.9 Å². The molecule has 39 heavy (non-hydrogen) atoms. The van der Waals surface area contributed by atoms with Gasteiger partial charge in [0.25, 0.3) is 0 Å². The fourth-order valence-electron chi connectivity index (χ4n) is 3.33. The minimum Gasteiger partial charge on any atom is -0.461 e. The summed E-state index contributed by atoms with van der Waals surface area (Å²) >= 11 is 5.42. The van der Waals surface area contributed by atoms with Crippen LogP contribution in [0.1, 0.15) is 66.4 Å². The third kappa shape index (κ3) is 13.0. The van der Waals surface area contributed by atoms with Crippen molar-refractivity contribution in [1.82, 2.24) is 16.0 Å². The molecular weight excluding hydrogens is 524 g/mol. The van der Waals surface area contributed by atoms with Crippen LogP contribution in [0.25, 0.3) is 0 Å². The third-order valence-electron chi connectivity index (χ3n) is 6.27. The van der Waals surface area contributed by atoms with Crippen LogP contribution in [0.4, 0.5) is 5.69 Å². The van der Waals surface area contributed by atoms with Crippen molar-refractivity contribution in [3.8, 4) is 0 Å². The summed E-state index contributed by atoms with van der Waals surface area (Å²) < 4.78 is 5.35. The summed E-state index contributed by atoms with van der Waals surface area (Å²) in [6.07, 6.45) is 1.35. The molecule has 2 unspecified atom stereocenters. The summed E-state index contributed by atoms with van der Waals surface area (Å²) in [5.41, 5.74) is 1.32. The van der Waals surface area contributed by atoms with Crippen LogP contribution >= 0.6 is 11.6 Å². The average molecular weight is 567 g/mol. The summed E-state index contributed by atoms with van der Waals surface area (Å²) in [7, 11) is 0. The average Bonchev–Trinajstić information content (AvgIpc) is 2.89. The van der Waals surface area contributed by atoms with Gasteiger partial charge in [-0.2, -0.15) is 0 Å². The van der Waals surface area contributed by atoms with E-state index < -0.39 is 23.9 Å². The highest BCUT2D eigenvalue weighted by atomic mass is 35.5. The van der Waals surface area contributed by atoms with Crippen molar-refractivity contribution in [2.75, 3.05) is 17.7 Å². The van der Waals surface area contributed by atoms with Crippen LogP contribution in [0.2, 0.25) is 0 Å². The minimum absolute atomic E-state index is 0.106. The number of ether oxygens (including phenoxy) is 1. The maximum absolute atomic E-state index is 12.8. The Morgan fingerprint density at radius 1 is 0.821 bits per heavy atom. The van der Waals surface area contributed by atoms with Gasteiger partial charge in [-0.3, -0.25) is 24.0 Å². The molecule has 4 N–H and O–H groups in total. The van der Waals surface area contributed by atoms with E-state index in [0.29, 0.717) is 25.1 Å².